The lowest BCUT2D eigenvalue weighted by Crippen LogP contribution is -2.12. The van der Waals surface area contributed by atoms with Crippen LogP contribution >= 0.6 is 7.60 Å². The zero-order valence-corrected chi connectivity index (χ0v) is 9.73. The van der Waals surface area contributed by atoms with Gasteiger partial charge >= 0.3 is 7.60 Å². The topological polar surface area (TPSA) is 93.3 Å². The van der Waals surface area contributed by atoms with E-state index < -0.39 is 7.60 Å². The van der Waals surface area contributed by atoms with E-state index in [-0.39, 0.29) is 5.44 Å². The van der Waals surface area contributed by atoms with Crippen molar-refractivity contribution < 1.29 is 18.4 Å². The second-order valence-electron chi connectivity index (χ2n) is 2.66. The van der Waals surface area contributed by atoms with E-state index in [0.29, 0.717) is 12.1 Å². The van der Waals surface area contributed by atoms with Crippen LogP contribution in [0, 0.1) is 0 Å². The molecule has 0 fully saturated rings. The molecule has 16 heavy (non-hydrogen) atoms. The molecule has 0 atom stereocenters. The predicted molar refractivity (Wildman–Crippen MR) is 57.4 cm³/mol. The molecule has 1 rings (SSSR count). The van der Waals surface area contributed by atoms with Crippen LogP contribution in [0.4, 0.5) is 0 Å². The number of carbonyl (C=O) groups excluding carboxylic acids is 1. The fourth-order valence-corrected chi connectivity index (χ4v) is 2.07. The highest BCUT2D eigenvalue weighted by Crippen LogP contribution is 2.53. The van der Waals surface area contributed by atoms with Gasteiger partial charge in [-0.25, -0.2) is 4.98 Å². The van der Waals surface area contributed by atoms with Gasteiger partial charge in [0, 0.05) is 14.2 Å². The van der Waals surface area contributed by atoms with E-state index in [1.54, 1.807) is 0 Å². The molecule has 0 radical (unpaired) electrons. The Bertz CT molecular complexity index is 407. The summed E-state index contributed by atoms with van der Waals surface area (Å²) < 4.78 is 21.5. The Hall–Kier alpha value is -1.43. The zero-order valence-electron chi connectivity index (χ0n) is 8.84. The Morgan fingerprint density at radius 2 is 2.25 bits per heavy atom. The molecule has 0 saturated heterocycles. The molecule has 8 heteroatoms. The van der Waals surface area contributed by atoms with Crippen LogP contribution in [0.1, 0.15) is 5.69 Å². The van der Waals surface area contributed by atoms with E-state index in [0.717, 1.165) is 0 Å². The molecule has 1 heterocycles. The number of hydrogen-bond acceptors (Lipinski definition) is 5. The minimum Gasteiger partial charge on any atom is -0.345 e. The second-order valence-corrected chi connectivity index (χ2v) is 4.87. The third-order valence-electron chi connectivity index (χ3n) is 1.79. The molecule has 1 aromatic rings. The maximum atomic E-state index is 12.0. The molecule has 1 aromatic heterocycles. The van der Waals surface area contributed by atoms with Crippen molar-refractivity contribution in [1.29, 1.82) is 0 Å². The summed E-state index contributed by atoms with van der Waals surface area (Å²) in [6, 6.07) is 0. The largest absolute Gasteiger partial charge is 0.377 e. The first-order chi connectivity index (χ1) is 7.66. The van der Waals surface area contributed by atoms with Gasteiger partial charge in [0.25, 0.3) is 0 Å². The molecule has 1 amide bonds. The summed E-state index contributed by atoms with van der Waals surface area (Å²) in [5, 5.41) is 2.28. The molecule has 7 nitrogen and oxygen atoms in total. The average molecular weight is 245 g/mol. The highest BCUT2D eigenvalue weighted by molar-refractivity contribution is 7.58. The van der Waals surface area contributed by atoms with Gasteiger partial charge in [-0.05, 0) is 6.08 Å². The molecular formula is C8H12N3O4P. The third kappa shape index (κ3) is 2.79. The quantitative estimate of drug-likeness (QED) is 0.574. The minimum atomic E-state index is -3.48. The number of rotatable bonds is 6. The SMILES string of the molecule is COP(=O)(OC)/C(=C\c1cnc[nH]1)NC=O. The lowest BCUT2D eigenvalue weighted by atomic mass is 10.5. The number of carbonyl (C=O) groups is 1. The number of H-pyrrole nitrogens is 1. The summed E-state index contributed by atoms with van der Waals surface area (Å²) in [6.07, 6.45) is 4.78. The van der Waals surface area contributed by atoms with Crippen molar-refractivity contribution in [3.05, 3.63) is 23.7 Å². The minimum absolute atomic E-state index is 0.0387. The lowest BCUT2D eigenvalue weighted by molar-refractivity contribution is -0.108. The normalized spacial score (nSPS) is 12.5. The van der Waals surface area contributed by atoms with E-state index in [9.17, 15) is 9.36 Å². The van der Waals surface area contributed by atoms with Crippen molar-refractivity contribution >= 4 is 20.1 Å². The Labute approximate surface area is 92.4 Å². The molecule has 2 N–H and O–H groups in total. The highest BCUT2D eigenvalue weighted by Gasteiger charge is 2.27. The van der Waals surface area contributed by atoms with E-state index >= 15 is 0 Å². The van der Waals surface area contributed by atoms with Gasteiger partial charge in [-0.3, -0.25) is 9.36 Å². The van der Waals surface area contributed by atoms with Gasteiger partial charge in [-0.2, -0.15) is 0 Å². The molecule has 0 saturated carbocycles. The van der Waals surface area contributed by atoms with Crippen molar-refractivity contribution in [2.45, 2.75) is 0 Å². The Morgan fingerprint density at radius 3 is 2.69 bits per heavy atom. The molecule has 88 valence electrons. The van der Waals surface area contributed by atoms with E-state index in [2.05, 4.69) is 15.3 Å². The maximum absolute atomic E-state index is 12.0. The van der Waals surface area contributed by atoms with E-state index in [1.807, 2.05) is 0 Å². The van der Waals surface area contributed by atoms with Gasteiger partial charge in [-0.1, -0.05) is 0 Å². The van der Waals surface area contributed by atoms with Crippen molar-refractivity contribution in [3.63, 3.8) is 0 Å². The molecule has 0 unspecified atom stereocenters. The lowest BCUT2D eigenvalue weighted by Gasteiger charge is -2.15. The Kier molecular flexibility index (Phi) is 4.42. The molecule has 0 aromatic carbocycles. The number of hydrogen-bond donors (Lipinski definition) is 2. The third-order valence-corrected chi connectivity index (χ3v) is 3.60. The zero-order chi connectivity index (χ0) is 12.0. The van der Waals surface area contributed by atoms with Crippen molar-refractivity contribution in [1.82, 2.24) is 15.3 Å². The van der Waals surface area contributed by atoms with Gasteiger partial charge in [0.1, 0.15) is 5.44 Å². The van der Waals surface area contributed by atoms with E-state index in [1.165, 1.54) is 32.8 Å². The number of aromatic nitrogens is 2. The number of amides is 1. The van der Waals surface area contributed by atoms with Gasteiger partial charge in [0.2, 0.25) is 6.41 Å². The standard InChI is InChI=1S/C8H12N3O4P/c1-14-16(13,15-2)8(11-6-12)3-7-4-9-5-10-7/h3-6H,1-2H3,(H,9,10)(H,11,12)/b8-3-. The number of imidazole rings is 1. The predicted octanol–water partition coefficient (Wildman–Crippen LogP) is 0.940. The Balaban J connectivity index is 3.08. The Morgan fingerprint density at radius 1 is 1.56 bits per heavy atom. The fraction of sp³-hybridized carbons (Fsp3) is 0.250. The monoisotopic (exact) mass is 245 g/mol. The second kappa shape index (κ2) is 5.60. The summed E-state index contributed by atoms with van der Waals surface area (Å²) in [6.45, 7) is 0. The summed E-state index contributed by atoms with van der Waals surface area (Å²) in [7, 11) is -1.01. The molecule has 0 spiro atoms. The van der Waals surface area contributed by atoms with Crippen LogP contribution in [0.2, 0.25) is 0 Å². The van der Waals surface area contributed by atoms with Crippen LogP contribution in [0.3, 0.4) is 0 Å². The van der Waals surface area contributed by atoms with Gasteiger partial charge in [-0.15, -0.1) is 0 Å². The summed E-state index contributed by atoms with van der Waals surface area (Å²) in [5.41, 5.74) is 0.607. The van der Waals surface area contributed by atoms with Crippen molar-refractivity contribution in [3.8, 4) is 0 Å². The first kappa shape index (κ1) is 12.6. The van der Waals surface area contributed by atoms with Gasteiger partial charge in [0.15, 0.2) is 0 Å². The van der Waals surface area contributed by atoms with Crippen LogP contribution in [-0.4, -0.2) is 30.6 Å². The van der Waals surface area contributed by atoms with Crippen molar-refractivity contribution in [2.24, 2.45) is 0 Å². The van der Waals surface area contributed by atoms with Gasteiger partial charge < -0.3 is 19.3 Å². The molecule has 0 bridgehead atoms. The molecule has 0 aliphatic heterocycles. The van der Waals surface area contributed by atoms with Crippen LogP contribution < -0.4 is 5.32 Å². The summed E-state index contributed by atoms with van der Waals surface area (Å²) in [4.78, 5) is 17.0. The highest BCUT2D eigenvalue weighted by atomic mass is 31.2. The summed E-state index contributed by atoms with van der Waals surface area (Å²) in [5.74, 6) is 0. The average Bonchev–Trinajstić information content (AvgIpc) is 2.80. The van der Waals surface area contributed by atoms with Crippen LogP contribution in [0.25, 0.3) is 6.08 Å². The summed E-state index contributed by atoms with van der Waals surface area (Å²) >= 11 is 0. The molecular weight excluding hydrogens is 233 g/mol. The molecule has 0 aliphatic rings. The number of aromatic amines is 1. The first-order valence-corrected chi connectivity index (χ1v) is 5.83. The van der Waals surface area contributed by atoms with Crippen LogP contribution in [0.15, 0.2) is 18.0 Å². The maximum Gasteiger partial charge on any atom is 0.377 e. The smallest absolute Gasteiger partial charge is 0.345 e. The molecule has 0 aliphatic carbocycles. The van der Waals surface area contributed by atoms with Crippen LogP contribution in [0.5, 0.6) is 0 Å². The number of nitrogens with one attached hydrogen (secondary N) is 2. The van der Waals surface area contributed by atoms with Crippen molar-refractivity contribution in [2.75, 3.05) is 14.2 Å². The fourth-order valence-electron chi connectivity index (χ4n) is 1.02. The van der Waals surface area contributed by atoms with Gasteiger partial charge in [0.05, 0.1) is 18.2 Å². The first-order valence-electron chi connectivity index (χ1n) is 4.28. The van der Waals surface area contributed by atoms with Crippen LogP contribution in [-0.2, 0) is 18.4 Å². The van der Waals surface area contributed by atoms with E-state index in [4.69, 9.17) is 9.05 Å². The number of nitrogens with zero attached hydrogens (tertiary/aromatic N) is 1.